The van der Waals surface area contributed by atoms with Crippen molar-refractivity contribution in [2.75, 3.05) is 11.4 Å². The molecule has 3 aromatic rings. The SMILES string of the molecule is B1=C2CC(c3ccccc3)CCN2c2cc(-c3ccncc3)nn2S1. The first-order chi connectivity index (χ1) is 12.4. The number of rotatable bonds is 2. The number of nitrogens with zero attached hydrogens (tertiary/aromatic N) is 4. The van der Waals surface area contributed by atoms with Gasteiger partial charge >= 0.3 is 152 Å². The fourth-order valence-corrected chi connectivity index (χ4v) is 4.50. The van der Waals surface area contributed by atoms with Gasteiger partial charge in [-0.3, -0.25) is 0 Å². The Morgan fingerprint density at radius 1 is 1.08 bits per heavy atom. The predicted molar refractivity (Wildman–Crippen MR) is 105 cm³/mol. The first-order valence-corrected chi connectivity index (χ1v) is 9.41. The van der Waals surface area contributed by atoms with Crippen molar-refractivity contribution in [1.82, 2.24) is 14.2 Å². The van der Waals surface area contributed by atoms with E-state index in [-0.39, 0.29) is 0 Å². The quantitative estimate of drug-likeness (QED) is 0.666. The third-order valence-corrected chi connectivity index (χ3v) is 5.82. The van der Waals surface area contributed by atoms with Gasteiger partial charge in [-0.2, -0.15) is 0 Å². The van der Waals surface area contributed by atoms with Crippen LogP contribution in [0.2, 0.25) is 0 Å². The molecule has 0 radical (unpaired) electrons. The van der Waals surface area contributed by atoms with Gasteiger partial charge in [0.2, 0.25) is 0 Å². The van der Waals surface area contributed by atoms with Gasteiger partial charge in [-0.25, -0.2) is 0 Å². The molecule has 6 heteroatoms. The Morgan fingerprint density at radius 3 is 2.76 bits per heavy atom. The van der Waals surface area contributed by atoms with Crippen LogP contribution in [-0.2, 0) is 0 Å². The summed E-state index contributed by atoms with van der Waals surface area (Å²) in [4.78, 5) is 6.52. The molecule has 25 heavy (non-hydrogen) atoms. The zero-order valence-corrected chi connectivity index (χ0v) is 14.6. The second kappa shape index (κ2) is 6.19. The van der Waals surface area contributed by atoms with Crippen LogP contribution in [0.25, 0.3) is 11.3 Å². The van der Waals surface area contributed by atoms with E-state index in [2.05, 4.69) is 52.5 Å². The molecule has 0 N–H and O–H groups in total. The summed E-state index contributed by atoms with van der Waals surface area (Å²) in [6, 6.07) is 17.1. The number of pyridine rings is 1. The van der Waals surface area contributed by atoms with Crippen LogP contribution >= 0.6 is 11.8 Å². The zero-order valence-electron chi connectivity index (χ0n) is 13.7. The number of benzene rings is 1. The molecular formula is C19H17BN4S. The Morgan fingerprint density at radius 2 is 1.92 bits per heavy atom. The van der Waals surface area contributed by atoms with Crippen molar-refractivity contribution in [2.45, 2.75) is 18.8 Å². The van der Waals surface area contributed by atoms with Crippen molar-refractivity contribution in [3.63, 3.8) is 0 Å². The maximum atomic E-state index is 4.75. The standard InChI is InChI=1S/C19H17BN4S/c1-2-4-14(5-3-1)16-8-11-23-18(12-16)20-25-24-19(23)13-17(22-24)15-6-9-21-10-7-15/h1-7,9-10,13,16H,8,11-12H2. The minimum atomic E-state index is 0.610. The summed E-state index contributed by atoms with van der Waals surface area (Å²) in [7, 11) is 0. The van der Waals surface area contributed by atoms with Gasteiger partial charge in [0.25, 0.3) is 0 Å². The normalized spacial score (nSPS) is 18.8. The molecule has 4 nitrogen and oxygen atoms in total. The van der Waals surface area contributed by atoms with E-state index < -0.39 is 0 Å². The second-order valence-electron chi connectivity index (χ2n) is 6.46. The van der Waals surface area contributed by atoms with Crippen LogP contribution in [0, 0.1) is 0 Å². The van der Waals surface area contributed by atoms with Crippen LogP contribution in [0.3, 0.4) is 0 Å². The van der Waals surface area contributed by atoms with Gasteiger partial charge in [0.15, 0.2) is 0 Å². The van der Waals surface area contributed by atoms with Crippen LogP contribution in [0.1, 0.15) is 24.3 Å². The summed E-state index contributed by atoms with van der Waals surface area (Å²) in [5.41, 5.74) is 4.96. The Labute approximate surface area is 151 Å². The molecule has 1 unspecified atom stereocenters. The van der Waals surface area contributed by atoms with Crippen LogP contribution in [0.15, 0.2) is 60.9 Å². The number of hydrogen-bond acceptors (Lipinski definition) is 4. The minimum absolute atomic E-state index is 0.610. The molecule has 2 aliphatic rings. The predicted octanol–water partition coefficient (Wildman–Crippen LogP) is 3.59. The van der Waals surface area contributed by atoms with E-state index >= 15 is 0 Å². The van der Waals surface area contributed by atoms with Crippen molar-refractivity contribution in [2.24, 2.45) is 0 Å². The van der Waals surface area contributed by atoms with Crippen molar-refractivity contribution >= 4 is 29.4 Å². The van der Waals surface area contributed by atoms with E-state index in [0.717, 1.165) is 24.2 Å². The molecule has 1 atom stereocenters. The first-order valence-electron chi connectivity index (χ1n) is 8.57. The van der Waals surface area contributed by atoms with Gasteiger partial charge in [0.1, 0.15) is 0 Å². The molecule has 0 saturated carbocycles. The van der Waals surface area contributed by atoms with Crippen LogP contribution in [0.5, 0.6) is 0 Å². The molecule has 1 aromatic carbocycles. The molecule has 0 spiro atoms. The number of anilines is 1. The molecule has 122 valence electrons. The molecular weight excluding hydrogens is 327 g/mol. The summed E-state index contributed by atoms with van der Waals surface area (Å²) >= 11 is 1.67. The Hall–Kier alpha value is -2.34. The number of aromatic nitrogens is 3. The van der Waals surface area contributed by atoms with Crippen LogP contribution in [-0.4, -0.2) is 32.5 Å². The number of hydrogen-bond donors (Lipinski definition) is 0. The van der Waals surface area contributed by atoms with Crippen molar-refractivity contribution in [3.8, 4) is 11.3 Å². The zero-order chi connectivity index (χ0) is 16.6. The average Bonchev–Trinajstić information content (AvgIpc) is 3.14. The second-order valence-corrected chi connectivity index (χ2v) is 7.26. The van der Waals surface area contributed by atoms with Crippen molar-refractivity contribution in [3.05, 3.63) is 66.5 Å². The molecule has 0 aliphatic carbocycles. The summed E-state index contributed by atoms with van der Waals surface area (Å²) < 4.78 is 2.03. The van der Waals surface area contributed by atoms with Gasteiger partial charge in [-0.15, -0.1) is 0 Å². The van der Waals surface area contributed by atoms with E-state index in [9.17, 15) is 0 Å². The molecule has 0 amide bonds. The first kappa shape index (κ1) is 15.0. The van der Waals surface area contributed by atoms with Gasteiger partial charge in [-0.05, 0) is 0 Å². The molecule has 0 bridgehead atoms. The molecule has 5 rings (SSSR count). The topological polar surface area (TPSA) is 34.0 Å². The molecule has 4 heterocycles. The van der Waals surface area contributed by atoms with E-state index in [1.54, 1.807) is 11.8 Å². The Kier molecular flexibility index (Phi) is 3.70. The summed E-state index contributed by atoms with van der Waals surface area (Å²) in [5.74, 6) is 1.79. The van der Waals surface area contributed by atoms with Gasteiger partial charge in [0.05, 0.1) is 0 Å². The maximum absolute atomic E-state index is 4.75. The molecule has 1 saturated heterocycles. The Bertz CT molecular complexity index is 923. The molecule has 1 fully saturated rings. The summed E-state index contributed by atoms with van der Waals surface area (Å²) in [6.07, 6.45) is 8.14. The average molecular weight is 344 g/mol. The fourth-order valence-electron chi connectivity index (χ4n) is 3.67. The molecule has 2 aliphatic heterocycles. The van der Waals surface area contributed by atoms with E-state index in [0.29, 0.717) is 5.92 Å². The number of fused-ring (bicyclic) bond motifs is 3. The van der Waals surface area contributed by atoms with Gasteiger partial charge in [0, 0.05) is 0 Å². The fraction of sp³-hybridized carbons (Fsp3) is 0.211. The van der Waals surface area contributed by atoms with E-state index in [1.165, 1.54) is 23.4 Å². The monoisotopic (exact) mass is 344 g/mol. The van der Waals surface area contributed by atoms with E-state index in [4.69, 9.17) is 5.10 Å². The summed E-state index contributed by atoms with van der Waals surface area (Å²) in [6.45, 7) is 1.04. The molecule has 2 aromatic heterocycles. The third kappa shape index (κ3) is 2.70. The van der Waals surface area contributed by atoms with E-state index in [1.807, 2.05) is 28.6 Å². The van der Waals surface area contributed by atoms with Gasteiger partial charge in [-0.1, -0.05) is 0 Å². The Balaban J connectivity index is 1.42. The van der Waals surface area contributed by atoms with Crippen LogP contribution < -0.4 is 4.90 Å². The van der Waals surface area contributed by atoms with Crippen LogP contribution in [0.4, 0.5) is 5.82 Å². The number of piperidine rings is 1. The van der Waals surface area contributed by atoms with Crippen molar-refractivity contribution < 1.29 is 0 Å². The third-order valence-electron chi connectivity index (χ3n) is 4.98. The van der Waals surface area contributed by atoms with Crippen molar-refractivity contribution in [1.29, 1.82) is 0 Å². The summed E-state index contributed by atoms with van der Waals surface area (Å²) in [5, 5.41) is 4.75. The van der Waals surface area contributed by atoms with Gasteiger partial charge < -0.3 is 0 Å².